The van der Waals surface area contributed by atoms with E-state index in [0.717, 1.165) is 34.7 Å². The molecule has 84 valence electrons. The molecule has 1 aromatic carbocycles. The van der Waals surface area contributed by atoms with Crippen LogP contribution < -0.4 is 5.32 Å². The van der Waals surface area contributed by atoms with E-state index in [9.17, 15) is 0 Å². The zero-order chi connectivity index (χ0) is 11.8. The number of nitrogens with one attached hydrogen (secondary N) is 1. The highest BCUT2D eigenvalue weighted by atomic mass is 35.5. The Balaban J connectivity index is 2.13. The Morgan fingerprint density at radius 3 is 2.62 bits per heavy atom. The lowest BCUT2D eigenvalue weighted by Gasteiger charge is -2.14. The minimum absolute atomic E-state index is 0.138. The van der Waals surface area contributed by atoms with Crippen LogP contribution in [-0.2, 0) is 0 Å². The monoisotopic (exact) mass is 234 g/mol. The van der Waals surface area contributed by atoms with E-state index < -0.39 is 0 Å². The van der Waals surface area contributed by atoms with Crippen LogP contribution in [0, 0.1) is 30.6 Å². The summed E-state index contributed by atoms with van der Waals surface area (Å²) in [6.07, 6.45) is 2.00. The third kappa shape index (κ3) is 2.15. The summed E-state index contributed by atoms with van der Waals surface area (Å²) < 4.78 is 0. The van der Waals surface area contributed by atoms with Gasteiger partial charge in [-0.3, -0.25) is 0 Å². The van der Waals surface area contributed by atoms with E-state index in [4.69, 9.17) is 16.9 Å². The molecule has 0 bridgehead atoms. The predicted molar refractivity (Wildman–Crippen MR) is 66.7 cm³/mol. The Labute approximate surface area is 101 Å². The Morgan fingerprint density at radius 1 is 1.44 bits per heavy atom. The fraction of sp³-hybridized carbons (Fsp3) is 0.462. The molecule has 1 aliphatic carbocycles. The Kier molecular flexibility index (Phi) is 2.82. The second-order valence-electron chi connectivity index (χ2n) is 4.68. The van der Waals surface area contributed by atoms with Crippen molar-refractivity contribution >= 4 is 17.3 Å². The lowest BCUT2D eigenvalue weighted by atomic mass is 10.1. The van der Waals surface area contributed by atoms with Crippen LogP contribution in [0.15, 0.2) is 12.1 Å². The van der Waals surface area contributed by atoms with E-state index in [1.807, 2.05) is 19.9 Å². The number of hydrogen-bond donors (Lipinski definition) is 1. The maximum Gasteiger partial charge on any atom is 0.0747 e. The van der Waals surface area contributed by atoms with Crippen molar-refractivity contribution in [1.29, 1.82) is 5.26 Å². The van der Waals surface area contributed by atoms with E-state index in [1.165, 1.54) is 0 Å². The van der Waals surface area contributed by atoms with Gasteiger partial charge < -0.3 is 5.32 Å². The molecule has 1 saturated carbocycles. The number of anilines is 1. The summed E-state index contributed by atoms with van der Waals surface area (Å²) in [4.78, 5) is 0. The van der Waals surface area contributed by atoms with E-state index in [2.05, 4.69) is 17.5 Å². The lowest BCUT2D eigenvalue weighted by Crippen LogP contribution is -2.14. The molecule has 0 radical (unpaired) electrons. The zero-order valence-corrected chi connectivity index (χ0v) is 10.4. The first kappa shape index (κ1) is 11.3. The van der Waals surface area contributed by atoms with Crippen LogP contribution >= 0.6 is 11.6 Å². The Morgan fingerprint density at radius 2 is 2.12 bits per heavy atom. The number of hydrogen-bond acceptors (Lipinski definition) is 2. The van der Waals surface area contributed by atoms with Crippen molar-refractivity contribution in [2.24, 2.45) is 5.41 Å². The summed E-state index contributed by atoms with van der Waals surface area (Å²) in [5, 5.41) is 13.0. The van der Waals surface area contributed by atoms with Gasteiger partial charge in [-0.2, -0.15) is 5.26 Å². The van der Waals surface area contributed by atoms with Crippen molar-refractivity contribution in [3.63, 3.8) is 0 Å². The van der Waals surface area contributed by atoms with E-state index >= 15 is 0 Å². The van der Waals surface area contributed by atoms with Crippen molar-refractivity contribution in [3.05, 3.63) is 28.3 Å². The van der Waals surface area contributed by atoms with Crippen LogP contribution in [-0.4, -0.2) is 6.54 Å². The van der Waals surface area contributed by atoms with Crippen LogP contribution in [0.1, 0.15) is 24.0 Å². The highest BCUT2D eigenvalue weighted by Gasteiger charge is 2.42. The van der Waals surface area contributed by atoms with Crippen LogP contribution in [0.5, 0.6) is 0 Å². The number of rotatable bonds is 3. The molecule has 2 rings (SSSR count). The van der Waals surface area contributed by atoms with Crippen molar-refractivity contribution in [3.8, 4) is 6.07 Å². The summed E-state index contributed by atoms with van der Waals surface area (Å²) in [6, 6.07) is 6.41. The maximum absolute atomic E-state index is 8.99. The third-order valence-corrected chi connectivity index (χ3v) is 3.42. The molecule has 0 spiro atoms. The molecule has 1 fully saturated rings. The summed E-state index contributed by atoms with van der Waals surface area (Å²) in [7, 11) is 0. The van der Waals surface area contributed by atoms with Crippen LogP contribution in [0.4, 0.5) is 5.69 Å². The maximum atomic E-state index is 8.99. The standard InChI is InChI=1S/C13H15ClN2/c1-9-5-10(2)12(11(14)6-9)16-8-13(7-15)3-4-13/h5-6,16H,3-4,8H2,1-2H3. The predicted octanol–water partition coefficient (Wildman–Crippen LogP) is 3.67. The molecular formula is C13H15ClN2. The average molecular weight is 235 g/mol. The van der Waals surface area contributed by atoms with Gasteiger partial charge in [-0.15, -0.1) is 0 Å². The molecule has 1 aliphatic rings. The van der Waals surface area contributed by atoms with Gasteiger partial charge >= 0.3 is 0 Å². The molecule has 0 unspecified atom stereocenters. The van der Waals surface area contributed by atoms with E-state index in [1.54, 1.807) is 0 Å². The van der Waals surface area contributed by atoms with Crippen molar-refractivity contribution < 1.29 is 0 Å². The quantitative estimate of drug-likeness (QED) is 0.866. The van der Waals surface area contributed by atoms with Gasteiger partial charge in [0.05, 0.1) is 22.2 Å². The number of benzene rings is 1. The van der Waals surface area contributed by atoms with Gasteiger partial charge in [0.25, 0.3) is 0 Å². The lowest BCUT2D eigenvalue weighted by molar-refractivity contribution is 0.711. The molecule has 0 saturated heterocycles. The van der Waals surface area contributed by atoms with Gasteiger partial charge in [-0.05, 0) is 43.9 Å². The number of nitrogens with zero attached hydrogens (tertiary/aromatic N) is 1. The number of nitriles is 1. The fourth-order valence-electron chi connectivity index (χ4n) is 1.88. The van der Waals surface area contributed by atoms with Crippen molar-refractivity contribution in [1.82, 2.24) is 0 Å². The molecule has 0 amide bonds. The van der Waals surface area contributed by atoms with Gasteiger partial charge in [0.2, 0.25) is 0 Å². The SMILES string of the molecule is Cc1cc(C)c(NCC2(C#N)CC2)c(Cl)c1. The van der Waals surface area contributed by atoms with Gasteiger partial charge in [0, 0.05) is 6.54 Å². The molecule has 3 heteroatoms. The second kappa shape index (κ2) is 3.99. The Bertz CT molecular complexity index is 432. The van der Waals surface area contributed by atoms with Crippen molar-refractivity contribution in [2.45, 2.75) is 26.7 Å². The smallest absolute Gasteiger partial charge is 0.0747 e. The molecule has 0 aromatic heterocycles. The molecule has 0 aliphatic heterocycles. The Hall–Kier alpha value is -1.20. The molecule has 16 heavy (non-hydrogen) atoms. The van der Waals surface area contributed by atoms with Gasteiger partial charge in [0.1, 0.15) is 0 Å². The first-order valence-corrected chi connectivity index (χ1v) is 5.86. The summed E-state index contributed by atoms with van der Waals surface area (Å²) in [5.41, 5.74) is 3.13. The van der Waals surface area contributed by atoms with Crippen LogP contribution in [0.25, 0.3) is 0 Å². The fourth-order valence-corrected chi connectivity index (χ4v) is 2.26. The topological polar surface area (TPSA) is 35.8 Å². The first-order chi connectivity index (χ1) is 7.56. The summed E-state index contributed by atoms with van der Waals surface area (Å²) >= 11 is 6.18. The van der Waals surface area contributed by atoms with E-state index in [-0.39, 0.29) is 5.41 Å². The van der Waals surface area contributed by atoms with E-state index in [0.29, 0.717) is 6.54 Å². The molecule has 1 aromatic rings. The largest absolute Gasteiger partial charge is 0.382 e. The average Bonchev–Trinajstić information content (AvgIpc) is 2.97. The summed E-state index contributed by atoms with van der Waals surface area (Å²) in [6.45, 7) is 4.76. The number of aryl methyl sites for hydroxylation is 2. The second-order valence-corrected chi connectivity index (χ2v) is 5.09. The summed E-state index contributed by atoms with van der Waals surface area (Å²) in [5.74, 6) is 0. The highest BCUT2D eigenvalue weighted by Crippen LogP contribution is 2.45. The molecule has 0 heterocycles. The molecule has 1 N–H and O–H groups in total. The van der Waals surface area contributed by atoms with Gasteiger partial charge in [-0.1, -0.05) is 17.7 Å². The molecule has 2 nitrogen and oxygen atoms in total. The first-order valence-electron chi connectivity index (χ1n) is 5.48. The van der Waals surface area contributed by atoms with Crippen molar-refractivity contribution in [2.75, 3.05) is 11.9 Å². The number of halogens is 1. The van der Waals surface area contributed by atoms with Gasteiger partial charge in [-0.25, -0.2) is 0 Å². The van der Waals surface area contributed by atoms with Crippen LogP contribution in [0.2, 0.25) is 5.02 Å². The third-order valence-electron chi connectivity index (χ3n) is 3.13. The normalized spacial score (nSPS) is 16.6. The van der Waals surface area contributed by atoms with Crippen LogP contribution in [0.3, 0.4) is 0 Å². The highest BCUT2D eigenvalue weighted by molar-refractivity contribution is 6.33. The van der Waals surface area contributed by atoms with Gasteiger partial charge in [0.15, 0.2) is 0 Å². The molecular weight excluding hydrogens is 220 g/mol. The minimum atomic E-state index is -0.138. The molecule has 0 atom stereocenters. The minimum Gasteiger partial charge on any atom is -0.382 e. The zero-order valence-electron chi connectivity index (χ0n) is 9.60.